The van der Waals surface area contributed by atoms with Crippen LogP contribution in [0.4, 0.5) is 5.69 Å². The highest BCUT2D eigenvalue weighted by molar-refractivity contribution is 5.94. The Morgan fingerprint density at radius 3 is 2.89 bits per heavy atom. The van der Waals surface area contributed by atoms with Gasteiger partial charge < -0.3 is 10.1 Å². The van der Waals surface area contributed by atoms with E-state index in [0.717, 1.165) is 70.3 Å². The van der Waals surface area contributed by atoms with Gasteiger partial charge in [0, 0.05) is 30.2 Å². The molecule has 1 aliphatic heterocycles. The molecule has 0 saturated heterocycles. The molecule has 0 bridgehead atoms. The maximum atomic E-state index is 5.76. The smallest absolute Gasteiger partial charge is 0.177 e. The van der Waals surface area contributed by atoms with Gasteiger partial charge >= 0.3 is 0 Å². The summed E-state index contributed by atoms with van der Waals surface area (Å²) in [4.78, 5) is 14.0. The number of nitrogens with zero attached hydrogens (tertiary/aromatic N) is 5. The summed E-state index contributed by atoms with van der Waals surface area (Å²) in [5.74, 6) is 1.69. The number of nitrogens with one attached hydrogen (secondary N) is 1. The quantitative estimate of drug-likeness (QED) is 0.593. The minimum Gasteiger partial charge on any atom is -0.490 e. The second-order valence-electron chi connectivity index (χ2n) is 7.29. The third-order valence-electron chi connectivity index (χ3n) is 5.25. The highest BCUT2D eigenvalue weighted by Gasteiger charge is 2.16. The number of anilines is 1. The summed E-state index contributed by atoms with van der Waals surface area (Å²) in [7, 11) is 0. The van der Waals surface area contributed by atoms with Crippen LogP contribution in [0.2, 0.25) is 0 Å². The van der Waals surface area contributed by atoms with Gasteiger partial charge in [0.25, 0.3) is 0 Å². The number of fused-ring (bicyclic) bond motifs is 4. The summed E-state index contributed by atoms with van der Waals surface area (Å²) < 4.78 is 7.63. The van der Waals surface area contributed by atoms with Crippen LogP contribution in [0.15, 0.2) is 24.4 Å². The normalized spacial score (nSPS) is 13.4. The number of benzene rings is 1. The molecule has 0 saturated carbocycles. The first-order chi connectivity index (χ1) is 13.6. The standard InChI is InChI=1S/C21H22N6O/c1-12-10-15-4-6-17-20(22-8-9-28-17)19(15)24-16(12)5-7-18-25-21-14(3)23-11-13(2)27(21)26-18/h4,6,10-11,22H,5,7-9H2,1-3H3. The molecule has 1 N–H and O–H groups in total. The number of ether oxygens (including phenoxy) is 1. The Hall–Kier alpha value is -3.22. The molecule has 7 nitrogen and oxygen atoms in total. The molecular formula is C21H22N6O. The summed E-state index contributed by atoms with van der Waals surface area (Å²) in [6.07, 6.45) is 3.35. The van der Waals surface area contributed by atoms with Crippen molar-refractivity contribution in [3.63, 3.8) is 0 Å². The Bertz CT molecular complexity index is 1170. The van der Waals surface area contributed by atoms with Gasteiger partial charge in [0.1, 0.15) is 18.0 Å². The van der Waals surface area contributed by atoms with Gasteiger partial charge in [-0.25, -0.2) is 9.50 Å². The van der Waals surface area contributed by atoms with Gasteiger partial charge in [0.05, 0.1) is 16.9 Å². The van der Waals surface area contributed by atoms with Crippen molar-refractivity contribution in [2.75, 3.05) is 18.5 Å². The Kier molecular flexibility index (Phi) is 3.89. The fraction of sp³-hybridized carbons (Fsp3) is 0.333. The van der Waals surface area contributed by atoms with E-state index in [2.05, 4.69) is 39.4 Å². The fourth-order valence-corrected chi connectivity index (χ4v) is 3.72. The maximum Gasteiger partial charge on any atom is 0.177 e. The van der Waals surface area contributed by atoms with Gasteiger partial charge in [-0.3, -0.25) is 9.97 Å². The minimum absolute atomic E-state index is 0.685. The average Bonchev–Trinajstić information content (AvgIpc) is 3.15. The van der Waals surface area contributed by atoms with Crippen LogP contribution >= 0.6 is 0 Å². The van der Waals surface area contributed by atoms with Crippen LogP contribution in [0, 0.1) is 20.8 Å². The van der Waals surface area contributed by atoms with Crippen LogP contribution in [0.5, 0.6) is 5.75 Å². The third kappa shape index (κ3) is 2.74. The summed E-state index contributed by atoms with van der Waals surface area (Å²) >= 11 is 0. The van der Waals surface area contributed by atoms with E-state index in [1.165, 1.54) is 5.56 Å². The summed E-state index contributed by atoms with van der Waals surface area (Å²) in [5.41, 5.74) is 6.92. The summed E-state index contributed by atoms with van der Waals surface area (Å²) in [5, 5.41) is 9.22. The number of hydrogen-bond acceptors (Lipinski definition) is 6. The predicted octanol–water partition coefficient (Wildman–Crippen LogP) is 3.19. The average molecular weight is 374 g/mol. The maximum absolute atomic E-state index is 5.76. The Labute approximate surface area is 162 Å². The first-order valence-corrected chi connectivity index (χ1v) is 9.58. The molecule has 1 aliphatic rings. The zero-order chi connectivity index (χ0) is 19.3. The number of rotatable bonds is 3. The molecule has 142 valence electrons. The molecule has 0 amide bonds. The first kappa shape index (κ1) is 16.9. The zero-order valence-corrected chi connectivity index (χ0v) is 16.3. The van der Waals surface area contributed by atoms with Crippen molar-refractivity contribution in [2.45, 2.75) is 33.6 Å². The second kappa shape index (κ2) is 6.44. The number of aromatic nitrogens is 5. The van der Waals surface area contributed by atoms with Crippen molar-refractivity contribution in [1.29, 1.82) is 0 Å². The lowest BCUT2D eigenvalue weighted by atomic mass is 10.1. The van der Waals surface area contributed by atoms with Gasteiger partial charge in [-0.1, -0.05) is 0 Å². The molecule has 4 heterocycles. The third-order valence-corrected chi connectivity index (χ3v) is 5.25. The van der Waals surface area contributed by atoms with Crippen LogP contribution in [0.3, 0.4) is 0 Å². The molecule has 3 aromatic heterocycles. The Balaban J connectivity index is 1.49. The predicted molar refractivity (Wildman–Crippen MR) is 108 cm³/mol. The van der Waals surface area contributed by atoms with Crippen molar-refractivity contribution in [3.05, 3.63) is 52.9 Å². The van der Waals surface area contributed by atoms with E-state index in [4.69, 9.17) is 9.72 Å². The van der Waals surface area contributed by atoms with Crippen LogP contribution in [0.25, 0.3) is 16.6 Å². The second-order valence-corrected chi connectivity index (χ2v) is 7.29. The van der Waals surface area contributed by atoms with Gasteiger partial charge in [-0.15, -0.1) is 0 Å². The van der Waals surface area contributed by atoms with Crippen LogP contribution < -0.4 is 10.1 Å². The van der Waals surface area contributed by atoms with Crippen molar-refractivity contribution < 1.29 is 4.74 Å². The highest BCUT2D eigenvalue weighted by Crippen LogP contribution is 2.34. The summed E-state index contributed by atoms with van der Waals surface area (Å²) in [6.45, 7) is 7.55. The van der Waals surface area contributed by atoms with Crippen molar-refractivity contribution in [2.24, 2.45) is 0 Å². The number of pyridine rings is 1. The van der Waals surface area contributed by atoms with E-state index in [1.807, 2.05) is 30.6 Å². The lowest BCUT2D eigenvalue weighted by Crippen LogP contribution is -2.18. The molecule has 0 atom stereocenters. The van der Waals surface area contributed by atoms with E-state index in [1.54, 1.807) is 0 Å². The van der Waals surface area contributed by atoms with Gasteiger partial charge in [-0.2, -0.15) is 5.10 Å². The van der Waals surface area contributed by atoms with E-state index in [0.29, 0.717) is 6.61 Å². The Morgan fingerprint density at radius 2 is 2.04 bits per heavy atom. The fourth-order valence-electron chi connectivity index (χ4n) is 3.72. The SMILES string of the molecule is Cc1cc2ccc3c(c2nc1CCc1nc2c(C)ncc(C)n2n1)NCCO3. The molecule has 0 radical (unpaired) electrons. The molecule has 0 unspecified atom stereocenters. The first-order valence-electron chi connectivity index (χ1n) is 9.58. The molecule has 0 spiro atoms. The molecule has 28 heavy (non-hydrogen) atoms. The van der Waals surface area contributed by atoms with E-state index >= 15 is 0 Å². The van der Waals surface area contributed by atoms with E-state index < -0.39 is 0 Å². The molecule has 0 aliphatic carbocycles. The molecular weight excluding hydrogens is 352 g/mol. The molecule has 7 heteroatoms. The monoisotopic (exact) mass is 374 g/mol. The number of aryl methyl sites for hydroxylation is 5. The molecule has 1 aromatic carbocycles. The van der Waals surface area contributed by atoms with Crippen LogP contribution in [0.1, 0.15) is 28.5 Å². The van der Waals surface area contributed by atoms with Crippen molar-refractivity contribution in [3.8, 4) is 5.75 Å². The molecule has 4 aromatic rings. The molecule has 5 rings (SSSR count). The van der Waals surface area contributed by atoms with Gasteiger partial charge in [0.15, 0.2) is 11.5 Å². The zero-order valence-electron chi connectivity index (χ0n) is 16.3. The van der Waals surface area contributed by atoms with Gasteiger partial charge in [0.2, 0.25) is 0 Å². The van der Waals surface area contributed by atoms with E-state index in [9.17, 15) is 0 Å². The Morgan fingerprint density at radius 1 is 1.14 bits per heavy atom. The molecule has 0 fully saturated rings. The van der Waals surface area contributed by atoms with E-state index in [-0.39, 0.29) is 0 Å². The lowest BCUT2D eigenvalue weighted by Gasteiger charge is -2.21. The topological polar surface area (TPSA) is 77.2 Å². The lowest BCUT2D eigenvalue weighted by molar-refractivity contribution is 0.324. The highest BCUT2D eigenvalue weighted by atomic mass is 16.5. The summed E-state index contributed by atoms with van der Waals surface area (Å²) in [6, 6.07) is 6.29. The van der Waals surface area contributed by atoms with Crippen LogP contribution in [-0.4, -0.2) is 37.7 Å². The van der Waals surface area contributed by atoms with Crippen molar-refractivity contribution in [1.82, 2.24) is 24.6 Å². The largest absolute Gasteiger partial charge is 0.490 e. The number of hydrogen-bond donors (Lipinski definition) is 1. The van der Waals surface area contributed by atoms with Crippen molar-refractivity contribution >= 4 is 22.2 Å². The van der Waals surface area contributed by atoms with Crippen LogP contribution in [-0.2, 0) is 12.8 Å². The minimum atomic E-state index is 0.685. The van der Waals surface area contributed by atoms with Gasteiger partial charge in [-0.05, 0) is 51.0 Å².